The summed E-state index contributed by atoms with van der Waals surface area (Å²) in [5.41, 5.74) is 2.79. The van der Waals surface area contributed by atoms with Crippen molar-refractivity contribution in [3.8, 4) is 17.6 Å². The highest BCUT2D eigenvalue weighted by Crippen LogP contribution is 2.32. The molecular weight excluding hydrogens is 264 g/mol. The Morgan fingerprint density at radius 2 is 1.76 bits per heavy atom. The van der Waals surface area contributed by atoms with Crippen molar-refractivity contribution < 1.29 is 9.47 Å². The normalized spacial score (nSPS) is 13.1. The van der Waals surface area contributed by atoms with Gasteiger partial charge >= 0.3 is 0 Å². The van der Waals surface area contributed by atoms with Crippen LogP contribution in [0, 0.1) is 11.3 Å². The van der Waals surface area contributed by atoms with Crippen LogP contribution in [0.5, 0.6) is 11.5 Å². The monoisotopic (exact) mass is 280 g/mol. The van der Waals surface area contributed by atoms with Gasteiger partial charge in [0.15, 0.2) is 11.5 Å². The number of rotatable bonds is 3. The molecule has 0 unspecified atom stereocenters. The van der Waals surface area contributed by atoms with E-state index in [0.717, 1.165) is 29.2 Å². The molecule has 2 aromatic rings. The summed E-state index contributed by atoms with van der Waals surface area (Å²) in [6, 6.07) is 15.6. The zero-order valence-corrected chi connectivity index (χ0v) is 11.6. The number of benzene rings is 2. The molecule has 0 saturated carbocycles. The molecule has 1 N–H and O–H groups in total. The van der Waals surface area contributed by atoms with Gasteiger partial charge in [0.2, 0.25) is 0 Å². The highest BCUT2D eigenvalue weighted by atomic mass is 16.5. The molecule has 0 spiro atoms. The molecule has 0 fully saturated rings. The van der Waals surface area contributed by atoms with Crippen molar-refractivity contribution in [2.75, 3.05) is 18.5 Å². The number of fused-ring (bicyclic) bond motifs is 1. The fourth-order valence-electron chi connectivity index (χ4n) is 2.17. The van der Waals surface area contributed by atoms with Gasteiger partial charge in [-0.25, -0.2) is 0 Å². The maximum atomic E-state index is 8.78. The van der Waals surface area contributed by atoms with Crippen LogP contribution in [0.4, 0.5) is 5.69 Å². The first kappa shape index (κ1) is 13.3. The molecule has 0 bridgehead atoms. The Hall–Kier alpha value is -2.67. The van der Waals surface area contributed by atoms with Crippen molar-refractivity contribution >= 4 is 5.69 Å². The van der Waals surface area contributed by atoms with Crippen LogP contribution >= 0.6 is 0 Å². The third-order valence-electron chi connectivity index (χ3n) is 3.33. The largest absolute Gasteiger partial charge is 0.490 e. The summed E-state index contributed by atoms with van der Waals surface area (Å²) in [4.78, 5) is 0. The van der Waals surface area contributed by atoms with Crippen LogP contribution in [-0.4, -0.2) is 13.2 Å². The molecule has 0 aliphatic carbocycles. The third kappa shape index (κ3) is 3.26. The van der Waals surface area contributed by atoms with E-state index in [9.17, 15) is 0 Å². The zero-order valence-electron chi connectivity index (χ0n) is 11.6. The molecule has 3 rings (SSSR count). The van der Waals surface area contributed by atoms with Crippen LogP contribution in [0.15, 0.2) is 42.5 Å². The predicted molar refractivity (Wildman–Crippen MR) is 80.5 cm³/mol. The molecule has 106 valence electrons. The van der Waals surface area contributed by atoms with E-state index >= 15 is 0 Å². The maximum Gasteiger partial charge on any atom is 0.163 e. The topological polar surface area (TPSA) is 54.3 Å². The number of nitrogens with zero attached hydrogens (tertiary/aromatic N) is 1. The molecule has 1 heterocycles. The van der Waals surface area contributed by atoms with Gasteiger partial charge in [-0.3, -0.25) is 0 Å². The van der Waals surface area contributed by atoms with E-state index in [2.05, 4.69) is 11.4 Å². The van der Waals surface area contributed by atoms with Crippen molar-refractivity contribution in [2.45, 2.75) is 13.0 Å². The van der Waals surface area contributed by atoms with Crippen LogP contribution < -0.4 is 14.8 Å². The molecule has 4 nitrogen and oxygen atoms in total. The summed E-state index contributed by atoms with van der Waals surface area (Å²) >= 11 is 0. The van der Waals surface area contributed by atoms with Crippen molar-refractivity contribution in [3.63, 3.8) is 0 Å². The van der Waals surface area contributed by atoms with Gasteiger partial charge in [-0.1, -0.05) is 12.1 Å². The molecule has 4 heteroatoms. The number of nitriles is 1. The van der Waals surface area contributed by atoms with Gasteiger partial charge in [0, 0.05) is 24.7 Å². The highest BCUT2D eigenvalue weighted by molar-refractivity contribution is 5.55. The van der Waals surface area contributed by atoms with Gasteiger partial charge in [0.05, 0.1) is 24.8 Å². The van der Waals surface area contributed by atoms with E-state index in [1.54, 1.807) is 0 Å². The lowest BCUT2D eigenvalue weighted by Crippen LogP contribution is -2.00. The molecule has 1 aliphatic heterocycles. The quantitative estimate of drug-likeness (QED) is 0.937. The Balaban J connectivity index is 1.67. The molecule has 0 atom stereocenters. The lowest BCUT2D eigenvalue weighted by Gasteiger charge is -2.11. The molecule has 0 amide bonds. The average molecular weight is 280 g/mol. The smallest absolute Gasteiger partial charge is 0.163 e. The van der Waals surface area contributed by atoms with Crippen LogP contribution in [0.3, 0.4) is 0 Å². The van der Waals surface area contributed by atoms with Gasteiger partial charge in [-0.2, -0.15) is 5.26 Å². The van der Waals surface area contributed by atoms with E-state index < -0.39 is 0 Å². The predicted octanol–water partition coefficient (Wildman–Crippen LogP) is 3.33. The minimum atomic E-state index is 0.675. The SMILES string of the molecule is N#Cc1ccc(CNc2ccc3c(c2)OCCCO3)cc1. The number of hydrogen-bond acceptors (Lipinski definition) is 4. The third-order valence-corrected chi connectivity index (χ3v) is 3.33. The van der Waals surface area contributed by atoms with Crippen molar-refractivity contribution in [2.24, 2.45) is 0 Å². The Kier molecular flexibility index (Phi) is 3.92. The Bertz CT molecular complexity index is 659. The number of ether oxygens (including phenoxy) is 2. The minimum absolute atomic E-state index is 0.675. The molecule has 1 aliphatic rings. The summed E-state index contributed by atoms with van der Waals surface area (Å²) in [5, 5.41) is 12.1. The summed E-state index contributed by atoms with van der Waals surface area (Å²) in [6.45, 7) is 2.09. The fourth-order valence-corrected chi connectivity index (χ4v) is 2.17. The molecule has 0 aromatic heterocycles. The van der Waals surface area contributed by atoms with E-state index in [-0.39, 0.29) is 0 Å². The number of nitrogens with one attached hydrogen (secondary N) is 1. The summed E-state index contributed by atoms with van der Waals surface area (Å²) < 4.78 is 11.3. The molecule has 21 heavy (non-hydrogen) atoms. The lowest BCUT2D eigenvalue weighted by atomic mass is 10.1. The molecule has 2 aromatic carbocycles. The molecular formula is C17H16N2O2. The van der Waals surface area contributed by atoms with Crippen molar-refractivity contribution in [3.05, 3.63) is 53.6 Å². The van der Waals surface area contributed by atoms with Gasteiger partial charge in [-0.15, -0.1) is 0 Å². The first-order chi connectivity index (χ1) is 10.3. The second kappa shape index (κ2) is 6.19. The van der Waals surface area contributed by atoms with Gasteiger partial charge < -0.3 is 14.8 Å². The van der Waals surface area contributed by atoms with Crippen LogP contribution in [0.2, 0.25) is 0 Å². The zero-order chi connectivity index (χ0) is 14.5. The summed E-state index contributed by atoms with van der Waals surface area (Å²) in [5.74, 6) is 1.59. The summed E-state index contributed by atoms with van der Waals surface area (Å²) in [6.07, 6.45) is 0.905. The van der Waals surface area contributed by atoms with Crippen LogP contribution in [0.1, 0.15) is 17.5 Å². The Labute approximate surface area is 123 Å². The molecule has 0 saturated heterocycles. The summed E-state index contributed by atoms with van der Waals surface area (Å²) in [7, 11) is 0. The second-order valence-corrected chi connectivity index (χ2v) is 4.87. The van der Waals surface area contributed by atoms with E-state index in [0.29, 0.717) is 25.3 Å². The Morgan fingerprint density at radius 1 is 1.00 bits per heavy atom. The Morgan fingerprint density at radius 3 is 2.52 bits per heavy atom. The van der Waals surface area contributed by atoms with E-state index in [1.807, 2.05) is 42.5 Å². The van der Waals surface area contributed by atoms with Crippen molar-refractivity contribution in [1.29, 1.82) is 5.26 Å². The average Bonchev–Trinajstić information content (AvgIpc) is 2.78. The number of hydrogen-bond donors (Lipinski definition) is 1. The lowest BCUT2D eigenvalue weighted by molar-refractivity contribution is 0.297. The van der Waals surface area contributed by atoms with Crippen LogP contribution in [-0.2, 0) is 6.54 Å². The van der Waals surface area contributed by atoms with Crippen molar-refractivity contribution in [1.82, 2.24) is 0 Å². The highest BCUT2D eigenvalue weighted by Gasteiger charge is 2.10. The van der Waals surface area contributed by atoms with Gasteiger partial charge in [0.1, 0.15) is 0 Å². The van der Waals surface area contributed by atoms with E-state index in [1.165, 1.54) is 0 Å². The minimum Gasteiger partial charge on any atom is -0.490 e. The standard InChI is InChI=1S/C17H16N2O2/c18-11-13-2-4-14(5-3-13)12-19-15-6-7-16-17(10-15)21-9-1-8-20-16/h2-7,10,19H,1,8-9,12H2. The first-order valence-corrected chi connectivity index (χ1v) is 6.98. The second-order valence-electron chi connectivity index (χ2n) is 4.87. The fraction of sp³-hybridized carbons (Fsp3) is 0.235. The van der Waals surface area contributed by atoms with Gasteiger partial charge in [0.25, 0.3) is 0 Å². The van der Waals surface area contributed by atoms with Gasteiger partial charge in [-0.05, 0) is 29.8 Å². The maximum absolute atomic E-state index is 8.78. The first-order valence-electron chi connectivity index (χ1n) is 6.98. The van der Waals surface area contributed by atoms with Crippen LogP contribution in [0.25, 0.3) is 0 Å². The van der Waals surface area contributed by atoms with E-state index in [4.69, 9.17) is 14.7 Å². The number of anilines is 1. The molecule has 0 radical (unpaired) electrons.